The lowest BCUT2D eigenvalue weighted by molar-refractivity contribution is 0.461. The molecule has 0 saturated heterocycles. The zero-order valence-corrected chi connectivity index (χ0v) is 9.78. The first-order valence-electron chi connectivity index (χ1n) is 5.60. The van der Waals surface area contributed by atoms with Gasteiger partial charge in [0.2, 0.25) is 0 Å². The number of benzene rings is 1. The summed E-state index contributed by atoms with van der Waals surface area (Å²) in [6.07, 6.45) is 1.66. The number of nitrogens with zero attached hydrogens (tertiary/aromatic N) is 3. The maximum atomic E-state index is 9.75. The second-order valence-electron chi connectivity index (χ2n) is 3.92. The van der Waals surface area contributed by atoms with E-state index in [1.54, 1.807) is 12.3 Å². The van der Waals surface area contributed by atoms with E-state index >= 15 is 0 Å². The number of nitrogens with one attached hydrogen (secondary N) is 1. The maximum Gasteiger partial charge on any atom is 0.185 e. The summed E-state index contributed by atoms with van der Waals surface area (Å²) >= 11 is 0. The Balaban J connectivity index is 2.04. The van der Waals surface area contributed by atoms with Crippen LogP contribution in [-0.2, 0) is 0 Å². The van der Waals surface area contributed by atoms with Gasteiger partial charge in [0, 0.05) is 6.20 Å². The summed E-state index contributed by atoms with van der Waals surface area (Å²) in [4.78, 5) is 8.40. The standard InChI is InChI=1S/C13H10N4O2/c18-8-4-5-11(19)9(7-8)12-15-13(17-16-12)10-3-1-2-6-14-10/h1-7,18-19H,(H,15,16,17). The molecule has 0 unspecified atom stereocenters. The minimum absolute atomic E-state index is 0.00405. The van der Waals surface area contributed by atoms with E-state index in [4.69, 9.17) is 0 Å². The third-order valence-electron chi connectivity index (χ3n) is 2.61. The van der Waals surface area contributed by atoms with E-state index < -0.39 is 0 Å². The van der Waals surface area contributed by atoms with Gasteiger partial charge < -0.3 is 10.2 Å². The summed E-state index contributed by atoms with van der Waals surface area (Å²) in [5.74, 6) is 0.841. The SMILES string of the molecule is Oc1ccc(O)c(-c2n[nH]c(-c3ccccn3)n2)c1. The molecule has 0 aliphatic carbocycles. The lowest BCUT2D eigenvalue weighted by Gasteiger charge is -2.00. The Hall–Kier alpha value is -2.89. The highest BCUT2D eigenvalue weighted by molar-refractivity contribution is 5.67. The molecule has 1 aromatic carbocycles. The largest absolute Gasteiger partial charge is 0.508 e. The van der Waals surface area contributed by atoms with Crippen LogP contribution in [0.5, 0.6) is 11.5 Å². The van der Waals surface area contributed by atoms with Crippen LogP contribution in [0.15, 0.2) is 42.6 Å². The highest BCUT2D eigenvalue weighted by Gasteiger charge is 2.12. The molecule has 2 aromatic heterocycles. The van der Waals surface area contributed by atoms with Gasteiger partial charge in [0.15, 0.2) is 11.6 Å². The molecule has 0 aliphatic rings. The van der Waals surface area contributed by atoms with Gasteiger partial charge in [-0.1, -0.05) is 6.07 Å². The highest BCUT2D eigenvalue weighted by Crippen LogP contribution is 2.30. The van der Waals surface area contributed by atoms with Gasteiger partial charge in [0.25, 0.3) is 0 Å². The van der Waals surface area contributed by atoms with Crippen molar-refractivity contribution in [3.8, 4) is 34.4 Å². The topological polar surface area (TPSA) is 94.9 Å². The summed E-state index contributed by atoms with van der Waals surface area (Å²) in [6.45, 7) is 0. The molecule has 0 saturated carbocycles. The van der Waals surface area contributed by atoms with Crippen LogP contribution in [0, 0.1) is 0 Å². The average Bonchev–Trinajstić information content (AvgIpc) is 2.92. The molecular weight excluding hydrogens is 244 g/mol. The Morgan fingerprint density at radius 1 is 1.05 bits per heavy atom. The molecule has 0 spiro atoms. The van der Waals surface area contributed by atoms with Crippen LogP contribution in [0.2, 0.25) is 0 Å². The number of phenols is 2. The van der Waals surface area contributed by atoms with Crippen LogP contribution in [-0.4, -0.2) is 30.4 Å². The Bertz CT molecular complexity index is 710. The molecule has 0 atom stereocenters. The van der Waals surface area contributed by atoms with Crippen LogP contribution in [0.3, 0.4) is 0 Å². The van der Waals surface area contributed by atoms with Crippen LogP contribution >= 0.6 is 0 Å². The van der Waals surface area contributed by atoms with E-state index in [1.165, 1.54) is 18.2 Å². The van der Waals surface area contributed by atoms with Crippen molar-refractivity contribution in [2.24, 2.45) is 0 Å². The van der Waals surface area contributed by atoms with E-state index in [0.29, 0.717) is 22.9 Å². The van der Waals surface area contributed by atoms with Crippen molar-refractivity contribution in [3.05, 3.63) is 42.6 Å². The minimum Gasteiger partial charge on any atom is -0.508 e. The Morgan fingerprint density at radius 3 is 2.74 bits per heavy atom. The first kappa shape index (κ1) is 11.2. The molecule has 6 heteroatoms. The number of rotatable bonds is 2. The number of aromatic hydroxyl groups is 2. The minimum atomic E-state index is 0.00405. The van der Waals surface area contributed by atoms with Crippen molar-refractivity contribution < 1.29 is 10.2 Å². The van der Waals surface area contributed by atoms with Gasteiger partial charge in [0.1, 0.15) is 17.2 Å². The number of aromatic amines is 1. The second kappa shape index (κ2) is 4.41. The number of pyridine rings is 1. The number of hydrogen-bond acceptors (Lipinski definition) is 5. The van der Waals surface area contributed by atoms with Crippen molar-refractivity contribution in [1.29, 1.82) is 0 Å². The van der Waals surface area contributed by atoms with Crippen LogP contribution < -0.4 is 0 Å². The Morgan fingerprint density at radius 2 is 1.95 bits per heavy atom. The molecule has 0 aliphatic heterocycles. The lowest BCUT2D eigenvalue weighted by Crippen LogP contribution is -1.84. The maximum absolute atomic E-state index is 9.75. The van der Waals surface area contributed by atoms with Crippen LogP contribution in [0.1, 0.15) is 0 Å². The fraction of sp³-hybridized carbons (Fsp3) is 0. The van der Waals surface area contributed by atoms with Gasteiger partial charge in [-0.2, -0.15) is 5.10 Å². The van der Waals surface area contributed by atoms with Crippen molar-refractivity contribution in [2.75, 3.05) is 0 Å². The normalized spacial score (nSPS) is 10.5. The highest BCUT2D eigenvalue weighted by atomic mass is 16.3. The van der Waals surface area contributed by atoms with E-state index in [-0.39, 0.29) is 11.5 Å². The molecule has 3 rings (SSSR count). The summed E-state index contributed by atoms with van der Waals surface area (Å²) in [5.41, 5.74) is 1.01. The first-order valence-corrected chi connectivity index (χ1v) is 5.60. The Kier molecular flexibility index (Phi) is 2.60. The van der Waals surface area contributed by atoms with Crippen molar-refractivity contribution in [2.45, 2.75) is 0 Å². The molecular formula is C13H10N4O2. The predicted octanol–water partition coefficient (Wildman–Crippen LogP) is 1.94. The number of phenolic OH excluding ortho intramolecular Hbond substituents is 2. The van der Waals surface area contributed by atoms with E-state index in [2.05, 4.69) is 20.2 Å². The molecule has 0 radical (unpaired) electrons. The Labute approximate surface area is 108 Å². The van der Waals surface area contributed by atoms with Crippen molar-refractivity contribution in [1.82, 2.24) is 20.2 Å². The third-order valence-corrected chi connectivity index (χ3v) is 2.61. The smallest absolute Gasteiger partial charge is 0.185 e. The van der Waals surface area contributed by atoms with Crippen molar-refractivity contribution in [3.63, 3.8) is 0 Å². The van der Waals surface area contributed by atoms with Gasteiger partial charge in [-0.25, -0.2) is 4.98 Å². The summed E-state index contributed by atoms with van der Waals surface area (Å²) in [7, 11) is 0. The van der Waals surface area contributed by atoms with Gasteiger partial charge >= 0.3 is 0 Å². The average molecular weight is 254 g/mol. The van der Waals surface area contributed by atoms with Crippen molar-refractivity contribution >= 4 is 0 Å². The second-order valence-corrected chi connectivity index (χ2v) is 3.92. The summed E-state index contributed by atoms with van der Waals surface area (Å²) in [6, 6.07) is 9.64. The molecule has 3 aromatic rings. The lowest BCUT2D eigenvalue weighted by atomic mass is 10.2. The third kappa shape index (κ3) is 2.11. The molecule has 0 bridgehead atoms. The van der Waals surface area contributed by atoms with Gasteiger partial charge in [0.05, 0.1) is 5.56 Å². The fourth-order valence-corrected chi connectivity index (χ4v) is 1.70. The summed E-state index contributed by atoms with van der Waals surface area (Å²) in [5, 5.41) is 25.9. The quantitative estimate of drug-likeness (QED) is 0.607. The van der Waals surface area contributed by atoms with Crippen LogP contribution in [0.25, 0.3) is 22.9 Å². The molecule has 0 fully saturated rings. The molecule has 6 nitrogen and oxygen atoms in total. The van der Waals surface area contributed by atoms with Gasteiger partial charge in [-0.15, -0.1) is 0 Å². The molecule has 19 heavy (non-hydrogen) atoms. The zero-order chi connectivity index (χ0) is 13.2. The van der Waals surface area contributed by atoms with Crippen LogP contribution in [0.4, 0.5) is 0 Å². The molecule has 2 heterocycles. The number of aromatic nitrogens is 4. The van der Waals surface area contributed by atoms with Gasteiger partial charge in [-0.05, 0) is 30.3 Å². The summed E-state index contributed by atoms with van der Waals surface area (Å²) < 4.78 is 0. The number of hydrogen-bond donors (Lipinski definition) is 3. The molecule has 3 N–H and O–H groups in total. The molecule has 0 amide bonds. The monoisotopic (exact) mass is 254 g/mol. The van der Waals surface area contributed by atoms with E-state index in [9.17, 15) is 10.2 Å². The zero-order valence-electron chi connectivity index (χ0n) is 9.78. The first-order chi connectivity index (χ1) is 9.24. The predicted molar refractivity (Wildman–Crippen MR) is 68.4 cm³/mol. The van der Waals surface area contributed by atoms with E-state index in [1.807, 2.05) is 12.1 Å². The van der Waals surface area contributed by atoms with E-state index in [0.717, 1.165) is 0 Å². The number of H-pyrrole nitrogens is 1. The molecule has 94 valence electrons. The van der Waals surface area contributed by atoms with Gasteiger partial charge in [-0.3, -0.25) is 10.1 Å². The fourth-order valence-electron chi connectivity index (χ4n) is 1.70.